The van der Waals surface area contributed by atoms with E-state index in [-0.39, 0.29) is 30.0 Å². The summed E-state index contributed by atoms with van der Waals surface area (Å²) >= 11 is 0. The van der Waals surface area contributed by atoms with Gasteiger partial charge in [0.15, 0.2) is 0 Å². The highest BCUT2D eigenvalue weighted by molar-refractivity contribution is 6.99. The fourth-order valence-electron chi connectivity index (χ4n) is 5.41. The van der Waals surface area contributed by atoms with Crippen molar-refractivity contribution in [1.82, 2.24) is 9.55 Å². The van der Waals surface area contributed by atoms with Gasteiger partial charge >= 0.3 is 11.7 Å². The molecule has 0 saturated carbocycles. The highest BCUT2D eigenvalue weighted by Gasteiger charge is 2.51. The summed E-state index contributed by atoms with van der Waals surface area (Å²) < 4.78 is 19.8. The molecule has 202 valence electrons. The molecule has 3 aromatic rings. The molecule has 1 fully saturated rings. The van der Waals surface area contributed by atoms with Gasteiger partial charge in [0.2, 0.25) is 0 Å². The lowest BCUT2D eigenvalue weighted by Gasteiger charge is -2.43. The van der Waals surface area contributed by atoms with Gasteiger partial charge in [-0.2, -0.15) is 0 Å². The van der Waals surface area contributed by atoms with Gasteiger partial charge in [-0.15, -0.1) is 0 Å². The van der Waals surface area contributed by atoms with Gasteiger partial charge in [-0.05, 0) is 28.8 Å². The molecule has 8 nitrogen and oxygen atoms in total. The normalized spacial score (nSPS) is 19.9. The van der Waals surface area contributed by atoms with E-state index in [4.69, 9.17) is 13.9 Å². The van der Waals surface area contributed by atoms with Gasteiger partial charge in [0.1, 0.15) is 6.23 Å². The first kappa shape index (κ1) is 27.8. The molecule has 0 unspecified atom stereocenters. The minimum atomic E-state index is -2.84. The van der Waals surface area contributed by atoms with Crippen molar-refractivity contribution in [1.29, 1.82) is 0 Å². The first-order valence-electron chi connectivity index (χ1n) is 12.9. The van der Waals surface area contributed by atoms with E-state index in [1.807, 2.05) is 36.4 Å². The Morgan fingerprint density at radius 1 is 1.05 bits per heavy atom. The topological polar surface area (TPSA) is 99.6 Å². The van der Waals surface area contributed by atoms with Crippen molar-refractivity contribution in [2.45, 2.75) is 57.9 Å². The molecule has 2 aromatic carbocycles. The Bertz CT molecular complexity index is 1320. The van der Waals surface area contributed by atoms with Crippen LogP contribution in [0.5, 0.6) is 0 Å². The van der Waals surface area contributed by atoms with Crippen LogP contribution in [0.15, 0.2) is 76.4 Å². The lowest BCUT2D eigenvalue weighted by Crippen LogP contribution is -2.67. The first-order chi connectivity index (χ1) is 18.1. The van der Waals surface area contributed by atoms with Crippen LogP contribution in [0.4, 0.5) is 0 Å². The number of hydrogen-bond donors (Lipinski definition) is 1. The molecular weight excluding hydrogens is 500 g/mol. The summed E-state index contributed by atoms with van der Waals surface area (Å²) in [4.78, 5) is 39.2. The lowest BCUT2D eigenvalue weighted by atomic mass is 9.97. The molecule has 0 spiro atoms. The number of H-pyrrole nitrogens is 1. The second-order valence-electron chi connectivity index (χ2n) is 10.9. The number of carbonyl (C=O) groups is 1. The van der Waals surface area contributed by atoms with Crippen molar-refractivity contribution in [2.75, 3.05) is 13.7 Å². The van der Waals surface area contributed by atoms with Crippen molar-refractivity contribution in [3.63, 3.8) is 0 Å². The van der Waals surface area contributed by atoms with E-state index in [0.717, 1.165) is 10.4 Å². The number of ether oxygens (including phenoxy) is 2. The van der Waals surface area contributed by atoms with Gasteiger partial charge < -0.3 is 13.9 Å². The standard InChI is InChI=1S/C29H36N2O6Si/c1-20-18-31(28(34)30-27(20)33)25-16-21(17-26(32)35-5)24(37-25)19-36-38(29(2,3)4,22-12-8-6-9-13-22)23-14-10-7-11-15-23/h6-15,18,21,24-25H,16-17,19H2,1-5H3,(H,30,33,34)/t21-,24-,25-/m1/s1. The molecule has 1 aliphatic heterocycles. The number of aryl methyl sites for hydroxylation is 1. The van der Waals surface area contributed by atoms with Crippen LogP contribution in [0.1, 0.15) is 45.4 Å². The summed E-state index contributed by atoms with van der Waals surface area (Å²) in [6.07, 6.45) is 0.959. The number of rotatable bonds is 8. The second kappa shape index (κ2) is 11.2. The fourth-order valence-corrected chi connectivity index (χ4v) is 9.98. The van der Waals surface area contributed by atoms with E-state index in [2.05, 4.69) is 50.0 Å². The van der Waals surface area contributed by atoms with E-state index < -0.39 is 31.9 Å². The fraction of sp³-hybridized carbons (Fsp3) is 0.414. The number of carbonyl (C=O) groups excluding carboxylic acids is 1. The molecular formula is C29H36N2O6Si. The molecule has 1 N–H and O–H groups in total. The van der Waals surface area contributed by atoms with Crippen molar-refractivity contribution < 1.29 is 18.7 Å². The molecule has 0 aliphatic carbocycles. The van der Waals surface area contributed by atoms with Gasteiger partial charge in [0.25, 0.3) is 13.9 Å². The molecule has 1 saturated heterocycles. The van der Waals surface area contributed by atoms with E-state index in [0.29, 0.717) is 12.0 Å². The second-order valence-corrected chi connectivity index (χ2v) is 15.2. The average molecular weight is 537 g/mol. The average Bonchev–Trinajstić information content (AvgIpc) is 3.29. The van der Waals surface area contributed by atoms with E-state index >= 15 is 0 Å². The zero-order chi connectivity index (χ0) is 27.5. The number of benzene rings is 2. The third-order valence-corrected chi connectivity index (χ3v) is 12.4. The third kappa shape index (κ3) is 5.45. The van der Waals surface area contributed by atoms with Crippen LogP contribution in [-0.4, -0.2) is 43.7 Å². The Morgan fingerprint density at radius 2 is 1.63 bits per heavy atom. The zero-order valence-corrected chi connectivity index (χ0v) is 23.6. The summed E-state index contributed by atoms with van der Waals surface area (Å²) in [6.45, 7) is 8.48. The minimum Gasteiger partial charge on any atom is -0.469 e. The molecule has 4 rings (SSSR count). The van der Waals surface area contributed by atoms with Crippen LogP contribution < -0.4 is 21.6 Å². The van der Waals surface area contributed by atoms with E-state index in [1.54, 1.807) is 6.92 Å². The van der Waals surface area contributed by atoms with Gasteiger partial charge in [-0.25, -0.2) is 4.79 Å². The number of methoxy groups -OCH3 is 1. The Labute approximate surface area is 223 Å². The highest BCUT2D eigenvalue weighted by Crippen LogP contribution is 2.40. The maximum atomic E-state index is 12.6. The number of esters is 1. The Balaban J connectivity index is 1.71. The molecule has 0 bridgehead atoms. The quantitative estimate of drug-likeness (QED) is 0.351. The molecule has 0 amide bonds. The number of aromatic amines is 1. The molecule has 0 radical (unpaired) electrons. The van der Waals surface area contributed by atoms with Gasteiger partial charge in [-0.3, -0.25) is 19.1 Å². The molecule has 9 heteroatoms. The molecule has 38 heavy (non-hydrogen) atoms. The van der Waals surface area contributed by atoms with Crippen LogP contribution >= 0.6 is 0 Å². The Kier molecular flexibility index (Phi) is 8.20. The van der Waals surface area contributed by atoms with E-state index in [9.17, 15) is 14.4 Å². The van der Waals surface area contributed by atoms with Gasteiger partial charge in [-0.1, -0.05) is 81.4 Å². The van der Waals surface area contributed by atoms with Crippen LogP contribution in [0.2, 0.25) is 5.04 Å². The largest absolute Gasteiger partial charge is 0.469 e. The number of hydrogen-bond acceptors (Lipinski definition) is 6. The number of nitrogens with zero attached hydrogens (tertiary/aromatic N) is 1. The van der Waals surface area contributed by atoms with Gasteiger partial charge in [0, 0.05) is 17.7 Å². The van der Waals surface area contributed by atoms with Crippen molar-refractivity contribution in [3.8, 4) is 0 Å². The van der Waals surface area contributed by atoms with Crippen LogP contribution in [0.25, 0.3) is 0 Å². The maximum absolute atomic E-state index is 12.6. The Hall–Kier alpha value is -3.27. The minimum absolute atomic E-state index is 0.138. The SMILES string of the molecule is COC(=O)C[C@H]1C[C@H](n2cc(C)c(=O)[nH]c2=O)O[C@@H]1CO[Si](c1ccccc1)(c1ccccc1)C(C)(C)C. The maximum Gasteiger partial charge on any atom is 0.330 e. The summed E-state index contributed by atoms with van der Waals surface area (Å²) in [5.74, 6) is -0.579. The highest BCUT2D eigenvalue weighted by atomic mass is 28.4. The predicted molar refractivity (Wildman–Crippen MR) is 148 cm³/mol. The van der Waals surface area contributed by atoms with Crippen molar-refractivity contribution in [3.05, 3.63) is 93.3 Å². The lowest BCUT2D eigenvalue weighted by molar-refractivity contribution is -0.142. The third-order valence-electron chi connectivity index (χ3n) is 7.36. The van der Waals surface area contributed by atoms with Gasteiger partial charge in [0.05, 0.1) is 26.2 Å². The van der Waals surface area contributed by atoms with Crippen molar-refractivity contribution in [2.24, 2.45) is 5.92 Å². The van der Waals surface area contributed by atoms with Crippen LogP contribution in [0, 0.1) is 12.8 Å². The molecule has 1 aliphatic rings. The Morgan fingerprint density at radius 3 is 2.16 bits per heavy atom. The molecule has 3 atom stereocenters. The summed E-state index contributed by atoms with van der Waals surface area (Å²) in [6, 6.07) is 20.6. The smallest absolute Gasteiger partial charge is 0.330 e. The van der Waals surface area contributed by atoms with E-state index in [1.165, 1.54) is 17.9 Å². The number of nitrogens with one attached hydrogen (secondary N) is 1. The first-order valence-corrected chi connectivity index (χ1v) is 14.8. The molecule has 1 aromatic heterocycles. The molecule has 2 heterocycles. The monoisotopic (exact) mass is 536 g/mol. The summed E-state index contributed by atoms with van der Waals surface area (Å²) in [5.41, 5.74) is -0.567. The van der Waals surface area contributed by atoms with Crippen LogP contribution in [-0.2, 0) is 18.7 Å². The van der Waals surface area contributed by atoms with Crippen LogP contribution in [0.3, 0.4) is 0 Å². The zero-order valence-electron chi connectivity index (χ0n) is 22.6. The predicted octanol–water partition coefficient (Wildman–Crippen LogP) is 2.89. The van der Waals surface area contributed by atoms with Crippen molar-refractivity contribution >= 4 is 24.7 Å². The number of aromatic nitrogens is 2. The summed E-state index contributed by atoms with van der Waals surface area (Å²) in [7, 11) is -1.48. The summed E-state index contributed by atoms with van der Waals surface area (Å²) in [5, 5.41) is 2.06.